The van der Waals surface area contributed by atoms with Crippen LogP contribution in [0.1, 0.15) is 43.4 Å². The van der Waals surface area contributed by atoms with Crippen molar-refractivity contribution in [2.75, 3.05) is 18.4 Å². The van der Waals surface area contributed by atoms with Gasteiger partial charge >= 0.3 is 0 Å². The van der Waals surface area contributed by atoms with Gasteiger partial charge < -0.3 is 10.2 Å². The molecule has 7 heteroatoms. The lowest BCUT2D eigenvalue weighted by Gasteiger charge is -2.33. The highest BCUT2D eigenvalue weighted by molar-refractivity contribution is 5.93. The number of benzene rings is 1. The maximum atomic E-state index is 13.1. The van der Waals surface area contributed by atoms with Crippen LogP contribution in [0.5, 0.6) is 0 Å². The van der Waals surface area contributed by atoms with Crippen LogP contribution in [0.4, 0.5) is 5.69 Å². The first-order valence-electron chi connectivity index (χ1n) is 10.7. The number of pyridine rings is 1. The van der Waals surface area contributed by atoms with Crippen LogP contribution in [0.25, 0.3) is 0 Å². The fourth-order valence-electron chi connectivity index (χ4n) is 4.26. The van der Waals surface area contributed by atoms with Crippen LogP contribution >= 0.6 is 0 Å². The molecule has 3 atom stereocenters. The van der Waals surface area contributed by atoms with Gasteiger partial charge in [-0.15, -0.1) is 0 Å². The zero-order chi connectivity index (χ0) is 20.9. The molecule has 0 saturated carbocycles. The molecule has 2 fully saturated rings. The van der Waals surface area contributed by atoms with Gasteiger partial charge in [0.15, 0.2) is 0 Å². The van der Waals surface area contributed by atoms with Crippen molar-refractivity contribution in [3.05, 3.63) is 59.9 Å². The summed E-state index contributed by atoms with van der Waals surface area (Å²) in [6, 6.07) is 11.7. The molecule has 4 rings (SSSR count). The predicted octanol–water partition coefficient (Wildman–Crippen LogP) is 2.43. The van der Waals surface area contributed by atoms with Crippen LogP contribution in [0, 0.1) is 5.92 Å². The average molecular weight is 408 g/mol. The normalized spacial score (nSPS) is 23.9. The van der Waals surface area contributed by atoms with Crippen LogP contribution < -0.4 is 16.2 Å². The number of carbonyl (C=O) groups excluding carboxylic acids is 2. The van der Waals surface area contributed by atoms with Crippen molar-refractivity contribution in [1.82, 2.24) is 20.7 Å². The van der Waals surface area contributed by atoms with Crippen LogP contribution in [0.15, 0.2) is 48.8 Å². The van der Waals surface area contributed by atoms with Crippen molar-refractivity contribution in [3.8, 4) is 0 Å². The van der Waals surface area contributed by atoms with Gasteiger partial charge in [0.2, 0.25) is 11.8 Å². The van der Waals surface area contributed by atoms with E-state index >= 15 is 0 Å². The largest absolute Gasteiger partial charge is 0.341 e. The van der Waals surface area contributed by atoms with E-state index in [9.17, 15) is 9.59 Å². The summed E-state index contributed by atoms with van der Waals surface area (Å²) < 4.78 is 0. The number of aryl methyl sites for hydroxylation is 1. The Balaban J connectivity index is 1.34. The molecule has 7 nitrogen and oxygen atoms in total. The van der Waals surface area contributed by atoms with E-state index in [2.05, 4.69) is 34.1 Å². The molecule has 3 heterocycles. The maximum Gasteiger partial charge on any atom is 0.241 e. The number of piperidine rings is 1. The number of hydrazine groups is 1. The minimum absolute atomic E-state index is 0.00655. The first kappa shape index (κ1) is 20.5. The third-order valence-corrected chi connectivity index (χ3v) is 6.02. The van der Waals surface area contributed by atoms with Crippen LogP contribution in [0.3, 0.4) is 0 Å². The lowest BCUT2D eigenvalue weighted by atomic mass is 9.95. The van der Waals surface area contributed by atoms with Crippen molar-refractivity contribution in [2.24, 2.45) is 5.92 Å². The van der Waals surface area contributed by atoms with Gasteiger partial charge in [-0.2, -0.15) is 0 Å². The summed E-state index contributed by atoms with van der Waals surface area (Å²) >= 11 is 0. The van der Waals surface area contributed by atoms with Crippen LogP contribution in [-0.4, -0.2) is 40.8 Å². The lowest BCUT2D eigenvalue weighted by molar-refractivity contribution is -0.136. The number of carbonyl (C=O) groups is 2. The number of nitrogens with one attached hydrogen (secondary N) is 3. The summed E-state index contributed by atoms with van der Waals surface area (Å²) in [4.78, 5) is 31.8. The van der Waals surface area contributed by atoms with E-state index in [0.29, 0.717) is 19.5 Å². The Labute approximate surface area is 177 Å². The molecule has 0 bridgehead atoms. The quantitative estimate of drug-likeness (QED) is 0.709. The number of hydrogen-bond donors (Lipinski definition) is 3. The first-order chi connectivity index (χ1) is 14.6. The summed E-state index contributed by atoms with van der Waals surface area (Å²) in [6.07, 6.45) is 6.77. The average Bonchev–Trinajstić information content (AvgIpc) is 3.30. The maximum absolute atomic E-state index is 13.1. The summed E-state index contributed by atoms with van der Waals surface area (Å²) in [6.45, 7) is 3.26. The Bertz CT molecular complexity index is 888. The first-order valence-corrected chi connectivity index (χ1v) is 10.7. The van der Waals surface area contributed by atoms with Gasteiger partial charge in [-0.3, -0.25) is 14.6 Å². The number of aromatic nitrogens is 1. The van der Waals surface area contributed by atoms with Crippen molar-refractivity contribution < 1.29 is 9.59 Å². The van der Waals surface area contributed by atoms with Gasteiger partial charge in [0.1, 0.15) is 6.04 Å². The standard InChI is InChI=1S/C23H29N5O2/c1-2-16-5-3-7-19(13-16)25-22(29)18-6-4-12-28(15-18)23(30)21-14-20(26-27-21)17-8-10-24-11-9-17/h3,5,7-11,13,18,20-21,26-27H,2,4,6,12,14-15H2,1H3,(H,25,29). The van der Waals surface area contributed by atoms with E-state index in [0.717, 1.165) is 30.5 Å². The highest BCUT2D eigenvalue weighted by Crippen LogP contribution is 2.25. The van der Waals surface area contributed by atoms with E-state index in [1.54, 1.807) is 12.4 Å². The van der Waals surface area contributed by atoms with E-state index in [-0.39, 0.29) is 29.8 Å². The summed E-state index contributed by atoms with van der Waals surface area (Å²) in [7, 11) is 0. The topological polar surface area (TPSA) is 86.4 Å². The zero-order valence-corrected chi connectivity index (χ0v) is 17.3. The SMILES string of the molecule is CCc1cccc(NC(=O)C2CCCN(C(=O)C3CC(c4ccncc4)NN3)C2)c1. The van der Waals surface area contributed by atoms with Gasteiger partial charge in [-0.1, -0.05) is 19.1 Å². The second kappa shape index (κ2) is 9.36. The van der Waals surface area contributed by atoms with Crippen molar-refractivity contribution in [3.63, 3.8) is 0 Å². The van der Waals surface area contributed by atoms with E-state index in [1.807, 2.05) is 35.2 Å². The Morgan fingerprint density at radius 3 is 2.83 bits per heavy atom. The number of anilines is 1. The van der Waals surface area contributed by atoms with Crippen LogP contribution in [0.2, 0.25) is 0 Å². The molecule has 0 spiro atoms. The zero-order valence-electron chi connectivity index (χ0n) is 17.3. The summed E-state index contributed by atoms with van der Waals surface area (Å²) in [5.74, 6) is -0.129. The number of hydrogen-bond acceptors (Lipinski definition) is 5. The molecule has 2 aromatic rings. The Morgan fingerprint density at radius 1 is 1.20 bits per heavy atom. The second-order valence-corrected chi connectivity index (χ2v) is 8.08. The molecular formula is C23H29N5O2. The van der Waals surface area contributed by atoms with Gasteiger partial charge in [0, 0.05) is 37.2 Å². The minimum atomic E-state index is -0.286. The molecule has 1 aromatic carbocycles. The molecule has 2 aliphatic rings. The highest BCUT2D eigenvalue weighted by atomic mass is 16.2. The molecule has 0 aliphatic carbocycles. The van der Waals surface area contributed by atoms with Gasteiger partial charge in [-0.05, 0) is 61.1 Å². The van der Waals surface area contributed by atoms with Gasteiger partial charge in [0.05, 0.1) is 5.92 Å². The smallest absolute Gasteiger partial charge is 0.241 e. The molecule has 1 aromatic heterocycles. The number of amides is 2. The van der Waals surface area contributed by atoms with Crippen molar-refractivity contribution in [1.29, 1.82) is 0 Å². The van der Waals surface area contributed by atoms with E-state index in [4.69, 9.17) is 0 Å². The third-order valence-electron chi connectivity index (χ3n) is 6.02. The number of rotatable bonds is 5. The minimum Gasteiger partial charge on any atom is -0.341 e. The molecule has 2 amide bonds. The molecule has 2 aliphatic heterocycles. The molecule has 2 saturated heterocycles. The van der Waals surface area contributed by atoms with E-state index < -0.39 is 0 Å². The highest BCUT2D eigenvalue weighted by Gasteiger charge is 2.36. The predicted molar refractivity (Wildman–Crippen MR) is 115 cm³/mol. The van der Waals surface area contributed by atoms with Crippen LogP contribution in [-0.2, 0) is 16.0 Å². The summed E-state index contributed by atoms with van der Waals surface area (Å²) in [5, 5.41) is 3.03. The Kier molecular flexibility index (Phi) is 6.40. The lowest BCUT2D eigenvalue weighted by Crippen LogP contribution is -2.50. The number of likely N-dealkylation sites (tertiary alicyclic amines) is 1. The third kappa shape index (κ3) is 4.68. The van der Waals surface area contributed by atoms with Crippen molar-refractivity contribution in [2.45, 2.75) is 44.7 Å². The monoisotopic (exact) mass is 407 g/mol. The molecule has 30 heavy (non-hydrogen) atoms. The Morgan fingerprint density at radius 2 is 2.03 bits per heavy atom. The molecular weight excluding hydrogens is 378 g/mol. The molecule has 3 N–H and O–H groups in total. The second-order valence-electron chi connectivity index (χ2n) is 8.08. The fourth-order valence-corrected chi connectivity index (χ4v) is 4.26. The number of nitrogens with zero attached hydrogens (tertiary/aromatic N) is 2. The molecule has 3 unspecified atom stereocenters. The fraction of sp³-hybridized carbons (Fsp3) is 0.435. The van der Waals surface area contributed by atoms with Crippen molar-refractivity contribution >= 4 is 17.5 Å². The van der Waals surface area contributed by atoms with Gasteiger partial charge in [0.25, 0.3) is 0 Å². The molecule has 158 valence electrons. The Hall–Kier alpha value is -2.77. The summed E-state index contributed by atoms with van der Waals surface area (Å²) in [5.41, 5.74) is 9.48. The van der Waals surface area contributed by atoms with Gasteiger partial charge in [-0.25, -0.2) is 10.9 Å². The molecule has 0 radical (unpaired) electrons. The van der Waals surface area contributed by atoms with E-state index in [1.165, 1.54) is 5.56 Å².